The molecule has 19 heavy (non-hydrogen) atoms. The number of amides is 1. The predicted molar refractivity (Wildman–Crippen MR) is 78.0 cm³/mol. The Morgan fingerprint density at radius 3 is 2.79 bits per heavy atom. The summed E-state index contributed by atoms with van der Waals surface area (Å²) in [6, 6.07) is 0.496. The highest BCUT2D eigenvalue weighted by Crippen LogP contribution is 2.15. The highest BCUT2D eigenvalue weighted by Gasteiger charge is 2.22. The first kappa shape index (κ1) is 16.4. The quantitative estimate of drug-likeness (QED) is 0.661. The molecule has 0 saturated carbocycles. The second-order valence-electron chi connectivity index (χ2n) is 6.56. The Labute approximate surface area is 117 Å². The highest BCUT2D eigenvalue weighted by molar-refractivity contribution is 5.75. The summed E-state index contributed by atoms with van der Waals surface area (Å²) in [6.45, 7) is 7.36. The minimum absolute atomic E-state index is 0.0522. The first-order valence-electron chi connectivity index (χ1n) is 7.61. The summed E-state index contributed by atoms with van der Waals surface area (Å²) in [6.07, 6.45) is 5.85. The highest BCUT2D eigenvalue weighted by atomic mass is 16.3. The molecule has 2 atom stereocenters. The van der Waals surface area contributed by atoms with Gasteiger partial charge in [-0.05, 0) is 45.1 Å². The number of nitrogens with one attached hydrogen (secondary N) is 2. The van der Waals surface area contributed by atoms with Crippen LogP contribution in [0, 0.1) is 5.92 Å². The number of hydrogen-bond donors (Lipinski definition) is 3. The van der Waals surface area contributed by atoms with Gasteiger partial charge in [0.15, 0.2) is 0 Å². The van der Waals surface area contributed by atoms with E-state index in [-0.39, 0.29) is 5.91 Å². The van der Waals surface area contributed by atoms with Crippen LogP contribution >= 0.6 is 0 Å². The molecular formula is C15H30N2O2. The zero-order valence-electron chi connectivity index (χ0n) is 12.7. The molecule has 1 rings (SSSR count). The first-order chi connectivity index (χ1) is 8.89. The molecule has 1 fully saturated rings. The molecule has 0 aromatic carbocycles. The van der Waals surface area contributed by atoms with E-state index in [1.165, 1.54) is 19.3 Å². The molecule has 0 aromatic heterocycles. The zero-order valence-corrected chi connectivity index (χ0v) is 12.7. The van der Waals surface area contributed by atoms with Crippen LogP contribution in [-0.4, -0.2) is 35.7 Å². The summed E-state index contributed by atoms with van der Waals surface area (Å²) in [7, 11) is 0. The Bertz CT molecular complexity index is 271. The Morgan fingerprint density at radius 2 is 2.21 bits per heavy atom. The van der Waals surface area contributed by atoms with Gasteiger partial charge in [0.2, 0.25) is 5.91 Å². The van der Waals surface area contributed by atoms with Gasteiger partial charge in [0.05, 0.1) is 5.60 Å². The maximum Gasteiger partial charge on any atom is 0.220 e. The molecule has 0 spiro atoms. The van der Waals surface area contributed by atoms with Crippen LogP contribution in [0.5, 0.6) is 0 Å². The van der Waals surface area contributed by atoms with E-state index in [4.69, 9.17) is 0 Å². The Balaban J connectivity index is 2.16. The minimum atomic E-state index is -0.799. The van der Waals surface area contributed by atoms with Crippen molar-refractivity contribution in [1.29, 1.82) is 0 Å². The molecule has 0 bridgehead atoms. The average molecular weight is 270 g/mol. The van der Waals surface area contributed by atoms with Crippen LogP contribution < -0.4 is 10.6 Å². The van der Waals surface area contributed by atoms with E-state index < -0.39 is 5.60 Å². The maximum atomic E-state index is 11.8. The van der Waals surface area contributed by atoms with Crippen LogP contribution in [0.4, 0.5) is 0 Å². The van der Waals surface area contributed by atoms with E-state index in [0.29, 0.717) is 31.3 Å². The largest absolute Gasteiger partial charge is 0.388 e. The van der Waals surface area contributed by atoms with Crippen molar-refractivity contribution in [1.82, 2.24) is 10.6 Å². The molecule has 4 heteroatoms. The number of piperidine rings is 1. The normalized spacial score (nSPS) is 23.1. The van der Waals surface area contributed by atoms with Gasteiger partial charge in [-0.25, -0.2) is 0 Å². The molecule has 0 aliphatic carbocycles. The summed E-state index contributed by atoms with van der Waals surface area (Å²) in [4.78, 5) is 11.8. The van der Waals surface area contributed by atoms with Crippen molar-refractivity contribution in [3.8, 4) is 0 Å². The fourth-order valence-corrected chi connectivity index (χ4v) is 2.80. The summed E-state index contributed by atoms with van der Waals surface area (Å²) >= 11 is 0. The van der Waals surface area contributed by atoms with E-state index in [1.807, 2.05) is 0 Å². The van der Waals surface area contributed by atoms with E-state index in [9.17, 15) is 9.90 Å². The average Bonchev–Trinajstić information content (AvgIpc) is 2.34. The molecule has 0 aromatic rings. The lowest BCUT2D eigenvalue weighted by atomic mass is 9.94. The molecule has 0 radical (unpaired) electrons. The molecule has 1 amide bonds. The topological polar surface area (TPSA) is 61.4 Å². The van der Waals surface area contributed by atoms with Crippen LogP contribution in [0.15, 0.2) is 0 Å². The third-order valence-corrected chi connectivity index (χ3v) is 3.65. The summed E-state index contributed by atoms with van der Waals surface area (Å²) < 4.78 is 0. The number of carbonyl (C=O) groups excluding carboxylic acids is 1. The van der Waals surface area contributed by atoms with Gasteiger partial charge < -0.3 is 15.7 Å². The van der Waals surface area contributed by atoms with Crippen molar-refractivity contribution >= 4 is 5.91 Å². The lowest BCUT2D eigenvalue weighted by molar-refractivity contribution is -0.122. The Morgan fingerprint density at radius 1 is 1.47 bits per heavy atom. The predicted octanol–water partition coefficient (Wildman–Crippen LogP) is 1.82. The molecular weight excluding hydrogens is 240 g/mol. The van der Waals surface area contributed by atoms with Crippen molar-refractivity contribution in [3.63, 3.8) is 0 Å². The first-order valence-corrected chi connectivity index (χ1v) is 7.61. The van der Waals surface area contributed by atoms with E-state index in [2.05, 4.69) is 24.5 Å². The lowest BCUT2D eigenvalue weighted by Gasteiger charge is -2.26. The third-order valence-electron chi connectivity index (χ3n) is 3.65. The Hall–Kier alpha value is -0.610. The van der Waals surface area contributed by atoms with Crippen LogP contribution in [0.3, 0.4) is 0 Å². The van der Waals surface area contributed by atoms with Crippen molar-refractivity contribution in [2.45, 2.75) is 70.9 Å². The standard InChI is InChI=1S/C15H30N2O2/c1-12(2)10-15(3,19)11-17-14(18)8-7-13-6-4-5-9-16-13/h12-13,16,19H,4-11H2,1-3H3,(H,17,18). The monoisotopic (exact) mass is 270 g/mol. The SMILES string of the molecule is CC(C)CC(C)(O)CNC(=O)CCC1CCCCN1. The van der Waals surface area contributed by atoms with E-state index in [1.54, 1.807) is 6.92 Å². The van der Waals surface area contributed by atoms with Crippen LogP contribution in [0.2, 0.25) is 0 Å². The van der Waals surface area contributed by atoms with E-state index >= 15 is 0 Å². The molecule has 1 aliphatic rings. The fourth-order valence-electron chi connectivity index (χ4n) is 2.80. The van der Waals surface area contributed by atoms with Crippen LogP contribution in [0.1, 0.15) is 59.3 Å². The van der Waals surface area contributed by atoms with Gasteiger partial charge in [-0.2, -0.15) is 0 Å². The summed E-state index contributed by atoms with van der Waals surface area (Å²) in [5, 5.41) is 16.4. The maximum absolute atomic E-state index is 11.8. The van der Waals surface area contributed by atoms with Gasteiger partial charge in [-0.3, -0.25) is 4.79 Å². The zero-order chi connectivity index (χ0) is 14.3. The second-order valence-corrected chi connectivity index (χ2v) is 6.56. The summed E-state index contributed by atoms with van der Waals surface area (Å²) in [5.74, 6) is 0.481. The van der Waals surface area contributed by atoms with Crippen LogP contribution in [0.25, 0.3) is 0 Å². The number of hydrogen-bond acceptors (Lipinski definition) is 3. The third kappa shape index (κ3) is 7.53. The molecule has 2 unspecified atom stereocenters. The molecule has 1 heterocycles. The van der Waals surface area contributed by atoms with Crippen LogP contribution in [-0.2, 0) is 4.79 Å². The Kier molecular flexibility index (Phi) is 6.80. The molecule has 3 N–H and O–H groups in total. The molecule has 4 nitrogen and oxygen atoms in total. The smallest absolute Gasteiger partial charge is 0.220 e. The minimum Gasteiger partial charge on any atom is -0.388 e. The summed E-state index contributed by atoms with van der Waals surface area (Å²) in [5.41, 5.74) is -0.799. The number of rotatable bonds is 7. The van der Waals surface area contributed by atoms with Crippen molar-refractivity contribution < 1.29 is 9.90 Å². The van der Waals surface area contributed by atoms with Crippen molar-refractivity contribution in [2.24, 2.45) is 5.92 Å². The van der Waals surface area contributed by atoms with Gasteiger partial charge in [-0.15, -0.1) is 0 Å². The lowest BCUT2D eigenvalue weighted by Crippen LogP contribution is -2.42. The van der Waals surface area contributed by atoms with Gasteiger partial charge in [0.25, 0.3) is 0 Å². The van der Waals surface area contributed by atoms with Crippen molar-refractivity contribution in [2.75, 3.05) is 13.1 Å². The van der Waals surface area contributed by atoms with E-state index in [0.717, 1.165) is 13.0 Å². The molecule has 1 aliphatic heterocycles. The fraction of sp³-hybridized carbons (Fsp3) is 0.933. The van der Waals surface area contributed by atoms with Gasteiger partial charge in [-0.1, -0.05) is 20.3 Å². The number of aliphatic hydroxyl groups is 1. The molecule has 112 valence electrons. The number of carbonyl (C=O) groups is 1. The van der Waals surface area contributed by atoms with Gasteiger partial charge in [0, 0.05) is 19.0 Å². The second kappa shape index (κ2) is 7.85. The van der Waals surface area contributed by atoms with Crippen molar-refractivity contribution in [3.05, 3.63) is 0 Å². The van der Waals surface area contributed by atoms with Gasteiger partial charge in [0.1, 0.15) is 0 Å². The molecule has 1 saturated heterocycles. The van der Waals surface area contributed by atoms with Gasteiger partial charge >= 0.3 is 0 Å².